The second-order valence-corrected chi connectivity index (χ2v) is 14.5. The Morgan fingerprint density at radius 1 is 0.722 bits per heavy atom. The number of carbonyl (C=O) groups is 2. The molecule has 9 nitrogen and oxygen atoms in total. The van der Waals surface area contributed by atoms with E-state index in [9.17, 15) is 19.8 Å². The Bertz CT molecular complexity index is 1010. The Labute approximate surface area is 332 Å². The molecule has 1 rings (SSSR count). The van der Waals surface area contributed by atoms with E-state index in [1.165, 1.54) is 58.5 Å². The van der Waals surface area contributed by atoms with E-state index in [0.717, 1.165) is 63.5 Å². The molecule has 0 fully saturated rings. The summed E-state index contributed by atoms with van der Waals surface area (Å²) in [6.07, 6.45) is 16.9. The lowest BCUT2D eigenvalue weighted by atomic mass is 9.95. The molecule has 9 heteroatoms. The Hall–Kier alpha value is -2.20. The summed E-state index contributed by atoms with van der Waals surface area (Å²) < 4.78 is 17.1. The first-order valence-corrected chi connectivity index (χ1v) is 21.9. The zero-order valence-electron chi connectivity index (χ0n) is 37.0. The number of ether oxygens (including phenoxy) is 3. The lowest BCUT2D eigenvalue weighted by Crippen LogP contribution is -2.39. The van der Waals surface area contributed by atoms with Gasteiger partial charge in [0.15, 0.2) is 11.5 Å². The highest BCUT2D eigenvalue weighted by Crippen LogP contribution is 2.39. The van der Waals surface area contributed by atoms with E-state index in [1.807, 2.05) is 60.5 Å². The number of benzene rings is 1. The zero-order chi connectivity index (χ0) is 41.1. The van der Waals surface area contributed by atoms with Gasteiger partial charge in [0.05, 0.1) is 31.5 Å². The predicted octanol–water partition coefficient (Wildman–Crippen LogP) is 10.6. The number of hydrogen-bond acceptors (Lipinski definition) is 9. The maximum atomic E-state index is 13.2. The van der Waals surface area contributed by atoms with Crippen molar-refractivity contribution >= 4 is 11.9 Å². The van der Waals surface area contributed by atoms with Gasteiger partial charge in [0.2, 0.25) is 0 Å². The number of rotatable bonds is 31. The molecule has 0 saturated heterocycles. The van der Waals surface area contributed by atoms with Crippen LogP contribution >= 0.6 is 0 Å². The highest BCUT2D eigenvalue weighted by molar-refractivity contribution is 5.91. The minimum Gasteiger partial charge on any atom is -0.493 e. The Morgan fingerprint density at radius 3 is 1.72 bits per heavy atom. The molecular formula is C45H86N2O7. The fourth-order valence-corrected chi connectivity index (χ4v) is 6.19. The fourth-order valence-electron chi connectivity index (χ4n) is 6.19. The number of esters is 2. The molecule has 1 aromatic carbocycles. The predicted molar refractivity (Wildman–Crippen MR) is 227 cm³/mol. The van der Waals surface area contributed by atoms with E-state index in [4.69, 9.17) is 14.2 Å². The van der Waals surface area contributed by atoms with Crippen LogP contribution in [0.3, 0.4) is 0 Å². The maximum Gasteiger partial charge on any atom is 0.338 e. The minimum absolute atomic E-state index is 0.0185. The van der Waals surface area contributed by atoms with Crippen molar-refractivity contribution in [3.63, 3.8) is 0 Å². The van der Waals surface area contributed by atoms with E-state index in [1.54, 1.807) is 12.1 Å². The molecule has 0 bridgehead atoms. The van der Waals surface area contributed by atoms with Crippen LogP contribution in [0.4, 0.5) is 0 Å². The monoisotopic (exact) mass is 767 g/mol. The van der Waals surface area contributed by atoms with Crippen LogP contribution in [0, 0.1) is 0 Å². The molecule has 1 aromatic rings. The van der Waals surface area contributed by atoms with Crippen LogP contribution in [-0.4, -0.2) is 98.2 Å². The first kappa shape index (κ1) is 53.9. The standard InChI is InChI=1S/C41H74N2O7.2C2H6/c1-8-11-13-15-17-19-23-35(44)31-43(32-36(45)24-20-18-16-14-12-9-2)27-21-25-39(46)50-40-37(33(4)10-3)29-34(30-38(40)48-7)41(47)49-28-22-26-42(5)6;2*1-2/h29-30,33,35-36,44-45H,8-28,31-32H2,1-7H3;2*1-2H3. The largest absolute Gasteiger partial charge is 0.493 e. The van der Waals surface area contributed by atoms with Gasteiger partial charge < -0.3 is 29.3 Å². The molecule has 0 saturated carbocycles. The number of hydrogen-bond donors (Lipinski definition) is 2. The van der Waals surface area contributed by atoms with Crippen molar-refractivity contribution < 1.29 is 34.0 Å². The van der Waals surface area contributed by atoms with Crippen LogP contribution < -0.4 is 9.47 Å². The van der Waals surface area contributed by atoms with Gasteiger partial charge in [0, 0.05) is 31.6 Å². The van der Waals surface area contributed by atoms with Crippen LogP contribution in [0.2, 0.25) is 0 Å². The average molecular weight is 767 g/mol. The number of nitrogens with zero attached hydrogens (tertiary/aromatic N) is 2. The van der Waals surface area contributed by atoms with Crippen molar-refractivity contribution in [3.8, 4) is 11.5 Å². The maximum absolute atomic E-state index is 13.2. The van der Waals surface area contributed by atoms with Crippen LogP contribution in [0.15, 0.2) is 12.1 Å². The molecule has 0 aromatic heterocycles. The van der Waals surface area contributed by atoms with E-state index < -0.39 is 18.2 Å². The Morgan fingerprint density at radius 2 is 1.24 bits per heavy atom. The van der Waals surface area contributed by atoms with Gasteiger partial charge in [0.1, 0.15) is 0 Å². The lowest BCUT2D eigenvalue weighted by Gasteiger charge is -2.27. The van der Waals surface area contributed by atoms with Gasteiger partial charge >= 0.3 is 11.9 Å². The normalized spacial score (nSPS) is 12.6. The average Bonchev–Trinajstić information content (AvgIpc) is 3.17. The third-order valence-corrected chi connectivity index (χ3v) is 9.46. The summed E-state index contributed by atoms with van der Waals surface area (Å²) in [5.41, 5.74) is 1.11. The summed E-state index contributed by atoms with van der Waals surface area (Å²) in [5, 5.41) is 21.8. The topological polar surface area (TPSA) is 109 Å². The lowest BCUT2D eigenvalue weighted by molar-refractivity contribution is -0.134. The summed E-state index contributed by atoms with van der Waals surface area (Å²) in [4.78, 5) is 30.3. The van der Waals surface area contributed by atoms with Crippen molar-refractivity contribution in [1.82, 2.24) is 9.80 Å². The molecule has 0 spiro atoms. The van der Waals surface area contributed by atoms with Crippen molar-refractivity contribution in [3.05, 3.63) is 23.3 Å². The third-order valence-electron chi connectivity index (χ3n) is 9.46. The molecule has 318 valence electrons. The fraction of sp³-hybridized carbons (Fsp3) is 0.822. The summed E-state index contributed by atoms with van der Waals surface area (Å²) >= 11 is 0. The SMILES string of the molecule is CC.CC.CCCCCCCCC(O)CN(CCCC(=O)Oc1c(OC)cc(C(=O)OCCCN(C)C)cc1C(C)CC)CC(O)CCCCCCCC. The molecule has 0 radical (unpaired) electrons. The molecule has 0 amide bonds. The molecular weight excluding hydrogens is 681 g/mol. The van der Waals surface area contributed by atoms with E-state index in [0.29, 0.717) is 49.7 Å². The molecule has 54 heavy (non-hydrogen) atoms. The van der Waals surface area contributed by atoms with Gasteiger partial charge in [-0.3, -0.25) is 9.69 Å². The number of unbranched alkanes of at least 4 members (excludes halogenated alkanes) is 10. The van der Waals surface area contributed by atoms with Gasteiger partial charge in [-0.1, -0.05) is 132 Å². The summed E-state index contributed by atoms with van der Waals surface area (Å²) in [6.45, 7) is 19.2. The first-order valence-electron chi connectivity index (χ1n) is 21.9. The van der Waals surface area contributed by atoms with Gasteiger partial charge in [-0.15, -0.1) is 0 Å². The highest BCUT2D eigenvalue weighted by Gasteiger charge is 2.23. The third kappa shape index (κ3) is 26.6. The smallest absolute Gasteiger partial charge is 0.338 e. The Balaban J connectivity index is 0. The molecule has 3 atom stereocenters. The summed E-state index contributed by atoms with van der Waals surface area (Å²) in [7, 11) is 5.46. The molecule has 2 N–H and O–H groups in total. The van der Waals surface area contributed by atoms with Gasteiger partial charge in [-0.25, -0.2) is 4.79 Å². The van der Waals surface area contributed by atoms with E-state index in [2.05, 4.69) is 18.7 Å². The highest BCUT2D eigenvalue weighted by atomic mass is 16.6. The molecule has 0 aliphatic rings. The van der Waals surface area contributed by atoms with Crippen molar-refractivity contribution in [1.29, 1.82) is 0 Å². The second kappa shape index (κ2) is 36.4. The molecule has 3 unspecified atom stereocenters. The minimum atomic E-state index is -0.463. The quantitative estimate of drug-likeness (QED) is 0.0434. The molecule has 0 aliphatic carbocycles. The van der Waals surface area contributed by atoms with Gasteiger partial charge in [0.25, 0.3) is 0 Å². The molecule has 0 heterocycles. The summed E-state index contributed by atoms with van der Waals surface area (Å²) in [6, 6.07) is 3.34. The van der Waals surface area contributed by atoms with E-state index in [-0.39, 0.29) is 18.3 Å². The number of carbonyl (C=O) groups excluding carboxylic acids is 2. The summed E-state index contributed by atoms with van der Waals surface area (Å²) in [5.74, 6) is -0.121. The van der Waals surface area contributed by atoms with Crippen LogP contribution in [-0.2, 0) is 9.53 Å². The number of aliphatic hydroxyl groups is 2. The van der Waals surface area contributed by atoms with Crippen LogP contribution in [0.1, 0.15) is 193 Å². The van der Waals surface area contributed by atoms with Crippen molar-refractivity contribution in [2.45, 2.75) is 189 Å². The van der Waals surface area contributed by atoms with E-state index >= 15 is 0 Å². The molecule has 0 aliphatic heterocycles. The first-order chi connectivity index (χ1) is 26.1. The van der Waals surface area contributed by atoms with Crippen molar-refractivity contribution in [2.75, 3.05) is 54.0 Å². The van der Waals surface area contributed by atoms with Crippen LogP contribution in [0.25, 0.3) is 0 Å². The number of methoxy groups -OCH3 is 1. The zero-order valence-corrected chi connectivity index (χ0v) is 37.0. The Kier molecular flexibility index (Phi) is 36.4. The van der Waals surface area contributed by atoms with Crippen molar-refractivity contribution in [2.24, 2.45) is 0 Å². The number of aliphatic hydroxyl groups excluding tert-OH is 2. The van der Waals surface area contributed by atoms with Gasteiger partial charge in [-0.05, 0) is 70.8 Å². The van der Waals surface area contributed by atoms with Gasteiger partial charge in [-0.2, -0.15) is 0 Å². The second-order valence-electron chi connectivity index (χ2n) is 14.5. The van der Waals surface area contributed by atoms with Crippen LogP contribution in [0.5, 0.6) is 11.5 Å².